The maximum Gasteiger partial charge on any atom is 0.0449 e. The van der Waals surface area contributed by atoms with Gasteiger partial charge in [0.1, 0.15) is 0 Å². The minimum atomic E-state index is 1.33. The van der Waals surface area contributed by atoms with Crippen LogP contribution in [0.15, 0.2) is 47.8 Å². The molecule has 0 bridgehead atoms. The lowest BCUT2D eigenvalue weighted by atomic mass is 10.1. The van der Waals surface area contributed by atoms with Crippen molar-refractivity contribution in [3.05, 3.63) is 59.0 Å². The smallest absolute Gasteiger partial charge is 0.0449 e. The minimum absolute atomic E-state index is 1.33. The molecule has 0 aliphatic carbocycles. The molecule has 0 N–H and O–H groups in total. The van der Waals surface area contributed by atoms with Crippen molar-refractivity contribution < 1.29 is 0 Å². The van der Waals surface area contributed by atoms with E-state index in [1.165, 1.54) is 31.3 Å². The van der Waals surface area contributed by atoms with Crippen molar-refractivity contribution in [3.8, 4) is 20.2 Å². The first kappa shape index (κ1) is 11.7. The first-order valence-corrected chi connectivity index (χ1v) is 7.64. The van der Waals surface area contributed by atoms with Crippen molar-refractivity contribution >= 4 is 22.7 Å². The van der Waals surface area contributed by atoms with E-state index in [4.69, 9.17) is 0 Å². The lowest BCUT2D eigenvalue weighted by Gasteiger charge is -2.02. The van der Waals surface area contributed by atoms with Crippen LogP contribution in [0.25, 0.3) is 20.2 Å². The molecule has 1 aromatic carbocycles. The Morgan fingerprint density at radius 3 is 2.17 bits per heavy atom. The maximum absolute atomic E-state index is 2.26. The summed E-state index contributed by atoms with van der Waals surface area (Å²) in [4.78, 5) is 4.07. The van der Waals surface area contributed by atoms with Crippen LogP contribution < -0.4 is 0 Å². The van der Waals surface area contributed by atoms with Gasteiger partial charge in [0, 0.05) is 14.6 Å². The molecule has 3 rings (SSSR count). The molecule has 0 aliphatic heterocycles. The third-order valence-electron chi connectivity index (χ3n) is 2.88. The number of rotatable bonds is 2. The molecule has 18 heavy (non-hydrogen) atoms. The third kappa shape index (κ3) is 2.26. The topological polar surface area (TPSA) is 0 Å². The summed E-state index contributed by atoms with van der Waals surface area (Å²) in [5.74, 6) is 0. The first-order chi connectivity index (χ1) is 8.72. The summed E-state index contributed by atoms with van der Waals surface area (Å²) >= 11 is 3.67. The Morgan fingerprint density at radius 1 is 0.778 bits per heavy atom. The molecule has 3 aromatic rings. The van der Waals surface area contributed by atoms with Crippen LogP contribution in [0.1, 0.15) is 11.1 Å². The summed E-state index contributed by atoms with van der Waals surface area (Å²) in [5.41, 5.74) is 3.99. The van der Waals surface area contributed by atoms with E-state index < -0.39 is 0 Å². The van der Waals surface area contributed by atoms with Crippen LogP contribution in [0, 0.1) is 13.8 Å². The van der Waals surface area contributed by atoms with Gasteiger partial charge in [-0.15, -0.1) is 22.7 Å². The molecule has 0 amide bonds. The average Bonchev–Trinajstić information content (AvgIpc) is 2.99. The summed E-state index contributed by atoms with van der Waals surface area (Å²) in [6.45, 7) is 4.31. The van der Waals surface area contributed by atoms with Crippen LogP contribution in [0.5, 0.6) is 0 Å². The molecule has 0 nitrogen and oxygen atoms in total. The van der Waals surface area contributed by atoms with Gasteiger partial charge >= 0.3 is 0 Å². The van der Waals surface area contributed by atoms with E-state index in [2.05, 4.69) is 61.7 Å². The van der Waals surface area contributed by atoms with E-state index in [1.54, 1.807) is 11.3 Å². The fraction of sp³-hybridized carbons (Fsp3) is 0.125. The Morgan fingerprint density at radius 2 is 1.50 bits per heavy atom. The largest absolute Gasteiger partial charge is 0.143 e. The van der Waals surface area contributed by atoms with Crippen LogP contribution >= 0.6 is 22.7 Å². The molecule has 2 heterocycles. The summed E-state index contributed by atoms with van der Waals surface area (Å²) in [5, 5.41) is 2.13. The molecule has 0 radical (unpaired) electrons. The van der Waals surface area contributed by atoms with Gasteiger partial charge < -0.3 is 0 Å². The standard InChI is InChI=1S/C16H14S2/c1-11-8-12(2)10-13(9-11)14-5-6-16(18-14)15-4-3-7-17-15/h3-10H,1-2H3. The molecular weight excluding hydrogens is 256 g/mol. The van der Waals surface area contributed by atoms with Crippen LogP contribution in [0.2, 0.25) is 0 Å². The normalized spacial score (nSPS) is 10.8. The highest BCUT2D eigenvalue weighted by Crippen LogP contribution is 2.36. The number of benzene rings is 1. The van der Waals surface area contributed by atoms with E-state index in [-0.39, 0.29) is 0 Å². The van der Waals surface area contributed by atoms with Gasteiger partial charge in [0.05, 0.1) is 0 Å². The number of thiophene rings is 2. The molecule has 0 atom stereocenters. The molecule has 0 saturated carbocycles. The van der Waals surface area contributed by atoms with Gasteiger partial charge in [0.2, 0.25) is 0 Å². The van der Waals surface area contributed by atoms with Gasteiger partial charge in [0.15, 0.2) is 0 Å². The van der Waals surface area contributed by atoms with Gasteiger partial charge in [0.25, 0.3) is 0 Å². The van der Waals surface area contributed by atoms with Gasteiger partial charge in [-0.25, -0.2) is 0 Å². The molecule has 0 saturated heterocycles. The van der Waals surface area contributed by atoms with Crippen LogP contribution in [-0.4, -0.2) is 0 Å². The Kier molecular flexibility index (Phi) is 3.06. The third-order valence-corrected chi connectivity index (χ3v) is 5.08. The summed E-state index contributed by atoms with van der Waals surface area (Å²) < 4.78 is 0. The molecule has 0 unspecified atom stereocenters. The van der Waals surface area contributed by atoms with Crippen molar-refractivity contribution in [2.24, 2.45) is 0 Å². The zero-order chi connectivity index (χ0) is 12.5. The predicted molar refractivity (Wildman–Crippen MR) is 82.5 cm³/mol. The molecule has 2 heteroatoms. The number of hydrogen-bond acceptors (Lipinski definition) is 2. The molecule has 0 aliphatic rings. The average molecular weight is 270 g/mol. The lowest BCUT2D eigenvalue weighted by molar-refractivity contribution is 1.39. The zero-order valence-corrected chi connectivity index (χ0v) is 12.1. The lowest BCUT2D eigenvalue weighted by Crippen LogP contribution is -1.79. The highest BCUT2D eigenvalue weighted by Gasteiger charge is 2.06. The van der Waals surface area contributed by atoms with E-state index in [1.807, 2.05) is 11.3 Å². The zero-order valence-electron chi connectivity index (χ0n) is 10.4. The highest BCUT2D eigenvalue weighted by atomic mass is 32.1. The fourth-order valence-electron chi connectivity index (χ4n) is 2.16. The Hall–Kier alpha value is -1.38. The van der Waals surface area contributed by atoms with Gasteiger partial charge in [-0.3, -0.25) is 0 Å². The van der Waals surface area contributed by atoms with E-state index >= 15 is 0 Å². The monoisotopic (exact) mass is 270 g/mol. The van der Waals surface area contributed by atoms with Gasteiger partial charge in [-0.05, 0) is 43.0 Å². The van der Waals surface area contributed by atoms with Crippen molar-refractivity contribution in [3.63, 3.8) is 0 Å². The van der Waals surface area contributed by atoms with Crippen LogP contribution in [0.3, 0.4) is 0 Å². The van der Waals surface area contributed by atoms with Crippen molar-refractivity contribution in [1.82, 2.24) is 0 Å². The van der Waals surface area contributed by atoms with Crippen molar-refractivity contribution in [2.45, 2.75) is 13.8 Å². The number of aryl methyl sites for hydroxylation is 2. The molecule has 90 valence electrons. The SMILES string of the molecule is Cc1cc(C)cc(-c2ccc(-c3cccs3)s2)c1. The second-order valence-corrected chi connectivity index (χ2v) is 6.55. The van der Waals surface area contributed by atoms with E-state index in [0.29, 0.717) is 0 Å². The summed E-state index contributed by atoms with van der Waals surface area (Å²) in [7, 11) is 0. The van der Waals surface area contributed by atoms with Crippen LogP contribution in [-0.2, 0) is 0 Å². The summed E-state index contributed by atoms with van der Waals surface area (Å²) in [6.07, 6.45) is 0. The molecular formula is C16H14S2. The molecule has 0 spiro atoms. The Balaban J connectivity index is 2.03. The number of hydrogen-bond donors (Lipinski definition) is 0. The first-order valence-electron chi connectivity index (χ1n) is 5.95. The van der Waals surface area contributed by atoms with Crippen molar-refractivity contribution in [2.75, 3.05) is 0 Å². The van der Waals surface area contributed by atoms with Crippen molar-refractivity contribution in [1.29, 1.82) is 0 Å². The highest BCUT2D eigenvalue weighted by molar-refractivity contribution is 7.23. The minimum Gasteiger partial charge on any atom is -0.143 e. The second-order valence-electron chi connectivity index (χ2n) is 4.52. The predicted octanol–water partition coefficient (Wildman–Crippen LogP) is 5.76. The fourth-order valence-corrected chi connectivity index (χ4v) is 3.99. The van der Waals surface area contributed by atoms with E-state index in [9.17, 15) is 0 Å². The molecule has 0 fully saturated rings. The van der Waals surface area contributed by atoms with Crippen LogP contribution in [0.4, 0.5) is 0 Å². The molecule has 2 aromatic heterocycles. The second kappa shape index (κ2) is 4.71. The Labute approximate surface area is 116 Å². The quantitative estimate of drug-likeness (QED) is 0.555. The summed E-state index contributed by atoms with van der Waals surface area (Å²) in [6, 6.07) is 15.5. The van der Waals surface area contributed by atoms with Gasteiger partial charge in [-0.1, -0.05) is 35.4 Å². The van der Waals surface area contributed by atoms with E-state index in [0.717, 1.165) is 0 Å². The Bertz CT molecular complexity index is 640. The van der Waals surface area contributed by atoms with Gasteiger partial charge in [-0.2, -0.15) is 0 Å². The maximum atomic E-state index is 2.26.